The quantitative estimate of drug-likeness (QED) is 0.874. The first-order valence-corrected chi connectivity index (χ1v) is 7.53. The molecule has 0 bridgehead atoms. The largest absolute Gasteiger partial charge is 0.396 e. The van der Waals surface area contributed by atoms with Crippen molar-refractivity contribution in [3.63, 3.8) is 0 Å². The molecule has 0 saturated carbocycles. The first-order valence-electron chi connectivity index (χ1n) is 5.71. The van der Waals surface area contributed by atoms with Crippen LogP contribution >= 0.6 is 0 Å². The molecule has 4 heteroatoms. The van der Waals surface area contributed by atoms with Gasteiger partial charge in [-0.15, -0.1) is 0 Å². The summed E-state index contributed by atoms with van der Waals surface area (Å²) in [6, 6.07) is 5.70. The molecule has 1 N–H and O–H groups in total. The Bertz CT molecular complexity index is 477. The first-order chi connectivity index (χ1) is 7.84. The highest BCUT2D eigenvalue weighted by Gasteiger charge is 2.16. The molecule has 0 aliphatic rings. The van der Waals surface area contributed by atoms with Gasteiger partial charge in [0.25, 0.3) is 0 Å². The Morgan fingerprint density at radius 1 is 1.24 bits per heavy atom. The molecule has 1 atom stereocenters. The van der Waals surface area contributed by atoms with Crippen LogP contribution in [-0.4, -0.2) is 25.9 Å². The van der Waals surface area contributed by atoms with Crippen LogP contribution in [0, 0.1) is 19.8 Å². The molecule has 1 rings (SSSR count). The zero-order chi connectivity index (χ0) is 13.1. The number of hydrogen-bond acceptors (Lipinski definition) is 3. The van der Waals surface area contributed by atoms with E-state index in [2.05, 4.69) is 0 Å². The number of aliphatic hydroxyl groups excluding tert-OH is 1. The van der Waals surface area contributed by atoms with Gasteiger partial charge < -0.3 is 5.11 Å². The minimum Gasteiger partial charge on any atom is -0.396 e. The normalized spacial score (nSPS) is 13.6. The Morgan fingerprint density at radius 3 is 2.41 bits per heavy atom. The lowest BCUT2D eigenvalue weighted by molar-refractivity contribution is 0.249. The van der Waals surface area contributed by atoms with Crippen LogP contribution in [0.15, 0.2) is 18.2 Å². The zero-order valence-electron chi connectivity index (χ0n) is 10.6. The summed E-state index contributed by atoms with van der Waals surface area (Å²) in [5, 5.41) is 8.88. The summed E-state index contributed by atoms with van der Waals surface area (Å²) in [5.74, 6) is -0.110. The Labute approximate surface area is 103 Å². The standard InChI is InChI=1S/C13H20O3S/c1-10(7-14)8-17(15,16)9-13-5-4-11(2)12(3)6-13/h4-6,10,14H,7-9H2,1-3H3. The molecule has 17 heavy (non-hydrogen) atoms. The number of aliphatic hydroxyl groups is 1. The van der Waals surface area contributed by atoms with Crippen LogP contribution in [0.25, 0.3) is 0 Å². The Morgan fingerprint density at radius 2 is 1.88 bits per heavy atom. The predicted molar refractivity (Wildman–Crippen MR) is 69.7 cm³/mol. The maximum atomic E-state index is 11.9. The van der Waals surface area contributed by atoms with Gasteiger partial charge >= 0.3 is 0 Å². The topological polar surface area (TPSA) is 54.4 Å². The number of hydrogen-bond donors (Lipinski definition) is 1. The van der Waals surface area contributed by atoms with Crippen molar-refractivity contribution in [3.8, 4) is 0 Å². The lowest BCUT2D eigenvalue weighted by Gasteiger charge is -2.10. The summed E-state index contributed by atoms with van der Waals surface area (Å²) in [4.78, 5) is 0. The second kappa shape index (κ2) is 5.65. The van der Waals surface area contributed by atoms with E-state index in [-0.39, 0.29) is 24.0 Å². The van der Waals surface area contributed by atoms with Crippen LogP contribution in [0.5, 0.6) is 0 Å². The summed E-state index contributed by atoms with van der Waals surface area (Å²) < 4.78 is 23.7. The third-order valence-electron chi connectivity index (χ3n) is 2.81. The maximum Gasteiger partial charge on any atom is 0.154 e. The molecule has 0 spiro atoms. The highest BCUT2D eigenvalue weighted by molar-refractivity contribution is 7.90. The molecule has 96 valence electrons. The van der Waals surface area contributed by atoms with Crippen LogP contribution in [0.3, 0.4) is 0 Å². The second-order valence-electron chi connectivity index (χ2n) is 4.76. The highest BCUT2D eigenvalue weighted by Crippen LogP contribution is 2.14. The van der Waals surface area contributed by atoms with E-state index in [9.17, 15) is 8.42 Å². The fourth-order valence-corrected chi connectivity index (χ4v) is 3.47. The molecule has 0 radical (unpaired) electrons. The van der Waals surface area contributed by atoms with Gasteiger partial charge in [-0.2, -0.15) is 0 Å². The number of benzene rings is 1. The second-order valence-corrected chi connectivity index (χ2v) is 6.87. The zero-order valence-corrected chi connectivity index (χ0v) is 11.4. The molecule has 1 unspecified atom stereocenters. The third kappa shape index (κ3) is 4.48. The summed E-state index contributed by atoms with van der Waals surface area (Å²) in [6.07, 6.45) is 0. The molecule has 0 amide bonds. The fourth-order valence-electron chi connectivity index (χ4n) is 1.69. The molecule has 0 aliphatic heterocycles. The van der Waals surface area contributed by atoms with Gasteiger partial charge in [-0.3, -0.25) is 0 Å². The molecule has 0 aromatic heterocycles. The average molecular weight is 256 g/mol. The molecular weight excluding hydrogens is 236 g/mol. The van der Waals surface area contributed by atoms with E-state index in [1.165, 1.54) is 0 Å². The Balaban J connectivity index is 2.80. The molecule has 1 aromatic rings. The number of aryl methyl sites for hydroxylation is 2. The lowest BCUT2D eigenvalue weighted by atomic mass is 10.1. The first kappa shape index (κ1) is 14.2. The molecule has 0 aliphatic carbocycles. The van der Waals surface area contributed by atoms with Crippen molar-refractivity contribution >= 4 is 9.84 Å². The van der Waals surface area contributed by atoms with Gasteiger partial charge in [0.05, 0.1) is 11.5 Å². The van der Waals surface area contributed by atoms with Crippen LogP contribution in [0.4, 0.5) is 0 Å². The molecule has 0 saturated heterocycles. The van der Waals surface area contributed by atoms with Gasteiger partial charge in [0, 0.05) is 6.61 Å². The van der Waals surface area contributed by atoms with Gasteiger partial charge in [-0.25, -0.2) is 8.42 Å². The monoisotopic (exact) mass is 256 g/mol. The van der Waals surface area contributed by atoms with Crippen molar-refractivity contribution in [1.29, 1.82) is 0 Å². The molecule has 0 heterocycles. The minimum absolute atomic E-state index is 0.0381. The maximum absolute atomic E-state index is 11.9. The van der Waals surface area contributed by atoms with Gasteiger partial charge in [-0.05, 0) is 36.5 Å². The van der Waals surface area contributed by atoms with Gasteiger partial charge in [0.15, 0.2) is 9.84 Å². The van der Waals surface area contributed by atoms with Gasteiger partial charge in [0.2, 0.25) is 0 Å². The summed E-state index contributed by atoms with van der Waals surface area (Å²) in [7, 11) is -3.14. The predicted octanol–water partition coefficient (Wildman–Crippen LogP) is 1.85. The lowest BCUT2D eigenvalue weighted by Crippen LogP contribution is -2.18. The van der Waals surface area contributed by atoms with E-state index in [1.54, 1.807) is 6.92 Å². The van der Waals surface area contributed by atoms with Crippen LogP contribution in [0.1, 0.15) is 23.6 Å². The smallest absolute Gasteiger partial charge is 0.154 e. The average Bonchev–Trinajstić information content (AvgIpc) is 2.22. The van der Waals surface area contributed by atoms with E-state index < -0.39 is 9.84 Å². The van der Waals surface area contributed by atoms with Gasteiger partial charge in [0.1, 0.15) is 0 Å². The van der Waals surface area contributed by atoms with Crippen molar-refractivity contribution in [1.82, 2.24) is 0 Å². The van der Waals surface area contributed by atoms with E-state index in [1.807, 2.05) is 32.0 Å². The summed E-state index contributed by atoms with van der Waals surface area (Å²) >= 11 is 0. The van der Waals surface area contributed by atoms with Crippen molar-refractivity contribution in [3.05, 3.63) is 34.9 Å². The minimum atomic E-state index is -3.14. The molecule has 3 nitrogen and oxygen atoms in total. The van der Waals surface area contributed by atoms with E-state index >= 15 is 0 Å². The van der Waals surface area contributed by atoms with Crippen LogP contribution < -0.4 is 0 Å². The Hall–Kier alpha value is -0.870. The molecule has 0 fully saturated rings. The summed E-state index contributed by atoms with van der Waals surface area (Å²) in [6.45, 7) is 5.62. The van der Waals surface area contributed by atoms with Crippen LogP contribution in [0.2, 0.25) is 0 Å². The van der Waals surface area contributed by atoms with Crippen molar-refractivity contribution in [2.75, 3.05) is 12.4 Å². The van der Waals surface area contributed by atoms with Crippen molar-refractivity contribution in [2.45, 2.75) is 26.5 Å². The highest BCUT2D eigenvalue weighted by atomic mass is 32.2. The van der Waals surface area contributed by atoms with Gasteiger partial charge in [-0.1, -0.05) is 25.1 Å². The SMILES string of the molecule is Cc1ccc(CS(=O)(=O)CC(C)CO)cc1C. The van der Waals surface area contributed by atoms with E-state index in [4.69, 9.17) is 5.11 Å². The number of sulfone groups is 1. The van der Waals surface area contributed by atoms with Crippen molar-refractivity contribution < 1.29 is 13.5 Å². The third-order valence-corrected chi connectivity index (χ3v) is 4.66. The van der Waals surface area contributed by atoms with Crippen molar-refractivity contribution in [2.24, 2.45) is 5.92 Å². The van der Waals surface area contributed by atoms with Crippen LogP contribution in [-0.2, 0) is 15.6 Å². The Kier molecular flexibility index (Phi) is 4.71. The van der Waals surface area contributed by atoms with E-state index in [0.717, 1.165) is 16.7 Å². The molecular formula is C13H20O3S. The fraction of sp³-hybridized carbons (Fsp3) is 0.538. The molecule has 1 aromatic carbocycles. The number of rotatable bonds is 5. The summed E-state index contributed by atoms with van der Waals surface area (Å²) in [5.41, 5.74) is 3.08. The van der Waals surface area contributed by atoms with E-state index in [0.29, 0.717) is 0 Å².